The molecule has 0 aliphatic carbocycles. The van der Waals surface area contributed by atoms with Gasteiger partial charge < -0.3 is 16.0 Å². The van der Waals surface area contributed by atoms with Crippen LogP contribution in [0.2, 0.25) is 0 Å². The predicted molar refractivity (Wildman–Crippen MR) is 90.9 cm³/mol. The van der Waals surface area contributed by atoms with E-state index in [-0.39, 0.29) is 36.8 Å². The molecule has 1 unspecified atom stereocenters. The summed E-state index contributed by atoms with van der Waals surface area (Å²) >= 11 is 1.69. The van der Waals surface area contributed by atoms with Crippen LogP contribution in [0.15, 0.2) is 0 Å². The molecule has 7 heteroatoms. The first-order valence-electron chi connectivity index (χ1n) is 6.42. The fourth-order valence-corrected chi connectivity index (χ4v) is 2.21. The SMILES string of the molecule is CCN(CC)CCSCC(=O)NCCC(C)N.Cl.Cl. The van der Waals surface area contributed by atoms with Crippen molar-refractivity contribution in [2.24, 2.45) is 5.73 Å². The Balaban J connectivity index is -0.00000128. The zero-order valence-corrected chi connectivity index (χ0v) is 14.6. The number of carbonyl (C=O) groups excluding carboxylic acids is 1. The third-order valence-corrected chi connectivity index (χ3v) is 3.54. The fraction of sp³-hybridized carbons (Fsp3) is 0.917. The number of carbonyl (C=O) groups is 1. The van der Waals surface area contributed by atoms with Crippen LogP contribution in [0.1, 0.15) is 27.2 Å². The minimum atomic E-state index is 0. The van der Waals surface area contributed by atoms with E-state index in [1.165, 1.54) is 0 Å². The van der Waals surface area contributed by atoms with Gasteiger partial charge in [-0.1, -0.05) is 13.8 Å². The van der Waals surface area contributed by atoms with Crippen molar-refractivity contribution in [2.45, 2.75) is 33.2 Å². The third kappa shape index (κ3) is 16.3. The minimum absolute atomic E-state index is 0. The third-order valence-electron chi connectivity index (χ3n) is 2.60. The fourth-order valence-electron chi connectivity index (χ4n) is 1.39. The van der Waals surface area contributed by atoms with E-state index in [9.17, 15) is 4.79 Å². The summed E-state index contributed by atoms with van der Waals surface area (Å²) in [5, 5.41) is 2.88. The van der Waals surface area contributed by atoms with Gasteiger partial charge in [0.15, 0.2) is 0 Å². The molecule has 0 aliphatic rings. The molecule has 118 valence electrons. The molecule has 0 aromatic heterocycles. The number of hydrogen-bond acceptors (Lipinski definition) is 4. The number of rotatable bonds is 10. The monoisotopic (exact) mass is 333 g/mol. The van der Waals surface area contributed by atoms with Gasteiger partial charge in [0, 0.05) is 24.9 Å². The molecule has 3 N–H and O–H groups in total. The number of halogens is 2. The van der Waals surface area contributed by atoms with Crippen LogP contribution in [0.25, 0.3) is 0 Å². The van der Waals surface area contributed by atoms with Crippen LogP contribution in [0.3, 0.4) is 0 Å². The maximum atomic E-state index is 11.4. The molecule has 0 saturated carbocycles. The molecule has 1 amide bonds. The topological polar surface area (TPSA) is 58.4 Å². The second-order valence-electron chi connectivity index (χ2n) is 4.20. The van der Waals surface area contributed by atoms with Crippen LogP contribution in [-0.4, -0.2) is 54.5 Å². The zero-order chi connectivity index (χ0) is 13.1. The average molecular weight is 334 g/mol. The maximum Gasteiger partial charge on any atom is 0.229 e. The Morgan fingerprint density at radius 3 is 2.37 bits per heavy atom. The van der Waals surface area contributed by atoms with E-state index in [1.807, 2.05) is 6.92 Å². The van der Waals surface area contributed by atoms with E-state index in [0.717, 1.165) is 31.8 Å². The van der Waals surface area contributed by atoms with Crippen LogP contribution in [0.4, 0.5) is 0 Å². The van der Waals surface area contributed by atoms with Crippen LogP contribution < -0.4 is 11.1 Å². The lowest BCUT2D eigenvalue weighted by Gasteiger charge is -2.17. The van der Waals surface area contributed by atoms with Crippen LogP contribution in [-0.2, 0) is 4.79 Å². The van der Waals surface area contributed by atoms with Crippen LogP contribution in [0, 0.1) is 0 Å². The summed E-state index contributed by atoms with van der Waals surface area (Å²) in [4.78, 5) is 13.8. The number of hydrogen-bond donors (Lipinski definition) is 2. The highest BCUT2D eigenvalue weighted by molar-refractivity contribution is 7.99. The zero-order valence-electron chi connectivity index (χ0n) is 12.2. The van der Waals surface area contributed by atoms with E-state index in [4.69, 9.17) is 5.73 Å². The first kappa shape index (κ1) is 24.3. The Morgan fingerprint density at radius 1 is 1.32 bits per heavy atom. The van der Waals surface area contributed by atoms with E-state index in [2.05, 4.69) is 24.1 Å². The maximum absolute atomic E-state index is 11.4. The highest BCUT2D eigenvalue weighted by atomic mass is 35.5. The average Bonchev–Trinajstić information content (AvgIpc) is 2.29. The van der Waals surface area contributed by atoms with Crippen molar-refractivity contribution in [3.05, 3.63) is 0 Å². The van der Waals surface area contributed by atoms with Crippen molar-refractivity contribution in [2.75, 3.05) is 37.7 Å². The smallest absolute Gasteiger partial charge is 0.229 e. The quantitative estimate of drug-likeness (QED) is 0.598. The van der Waals surface area contributed by atoms with Crippen molar-refractivity contribution >= 4 is 42.5 Å². The molecular weight excluding hydrogens is 305 g/mol. The number of amides is 1. The molecule has 0 saturated heterocycles. The molecule has 0 spiro atoms. The lowest BCUT2D eigenvalue weighted by atomic mass is 10.2. The number of thioether (sulfide) groups is 1. The summed E-state index contributed by atoms with van der Waals surface area (Å²) in [5.41, 5.74) is 5.60. The van der Waals surface area contributed by atoms with E-state index < -0.39 is 0 Å². The van der Waals surface area contributed by atoms with Gasteiger partial charge in [0.1, 0.15) is 0 Å². The highest BCUT2D eigenvalue weighted by Crippen LogP contribution is 2.00. The molecule has 0 aromatic rings. The van der Waals surface area contributed by atoms with E-state index in [0.29, 0.717) is 12.3 Å². The van der Waals surface area contributed by atoms with Crippen molar-refractivity contribution in [1.29, 1.82) is 0 Å². The summed E-state index contributed by atoms with van der Waals surface area (Å²) in [5.74, 6) is 1.69. The summed E-state index contributed by atoms with van der Waals surface area (Å²) < 4.78 is 0. The number of nitrogens with two attached hydrogens (primary N) is 1. The Hall–Kier alpha value is 0.320. The number of nitrogens with one attached hydrogen (secondary N) is 1. The van der Waals surface area contributed by atoms with Crippen molar-refractivity contribution < 1.29 is 4.79 Å². The van der Waals surface area contributed by atoms with E-state index in [1.54, 1.807) is 11.8 Å². The van der Waals surface area contributed by atoms with Gasteiger partial charge in [-0.05, 0) is 26.4 Å². The van der Waals surface area contributed by atoms with Crippen molar-refractivity contribution in [1.82, 2.24) is 10.2 Å². The molecule has 0 radical (unpaired) electrons. The minimum Gasteiger partial charge on any atom is -0.355 e. The normalized spacial score (nSPS) is 11.4. The van der Waals surface area contributed by atoms with Crippen molar-refractivity contribution in [3.8, 4) is 0 Å². The lowest BCUT2D eigenvalue weighted by molar-refractivity contribution is -0.118. The van der Waals surface area contributed by atoms with Gasteiger partial charge in [0.25, 0.3) is 0 Å². The van der Waals surface area contributed by atoms with Crippen LogP contribution in [0.5, 0.6) is 0 Å². The molecule has 0 aliphatic heterocycles. The first-order chi connectivity index (χ1) is 8.10. The standard InChI is InChI=1S/C12H27N3OS.2ClH/c1-4-15(5-2)8-9-17-10-12(16)14-7-6-11(3)13;;/h11H,4-10,13H2,1-3H3,(H,14,16);2*1H. The van der Waals surface area contributed by atoms with Gasteiger partial charge in [0.05, 0.1) is 5.75 Å². The molecule has 0 aromatic carbocycles. The van der Waals surface area contributed by atoms with Crippen LogP contribution >= 0.6 is 36.6 Å². The Labute approximate surface area is 134 Å². The van der Waals surface area contributed by atoms with Gasteiger partial charge >= 0.3 is 0 Å². The summed E-state index contributed by atoms with van der Waals surface area (Å²) in [7, 11) is 0. The Kier molecular flexibility index (Phi) is 21.0. The molecule has 0 fully saturated rings. The molecule has 4 nitrogen and oxygen atoms in total. The molecular formula is C12H29Cl2N3OS. The van der Waals surface area contributed by atoms with Gasteiger partial charge in [0.2, 0.25) is 5.91 Å². The first-order valence-corrected chi connectivity index (χ1v) is 7.58. The van der Waals surface area contributed by atoms with Gasteiger partial charge in [-0.2, -0.15) is 11.8 Å². The Bertz CT molecular complexity index is 205. The second kappa shape index (κ2) is 16.4. The van der Waals surface area contributed by atoms with Gasteiger partial charge in [-0.3, -0.25) is 4.79 Å². The summed E-state index contributed by atoms with van der Waals surface area (Å²) in [6.45, 7) is 10.2. The summed E-state index contributed by atoms with van der Waals surface area (Å²) in [6, 6.07) is 0.158. The van der Waals surface area contributed by atoms with Crippen molar-refractivity contribution in [3.63, 3.8) is 0 Å². The molecule has 0 rings (SSSR count). The Morgan fingerprint density at radius 2 is 1.89 bits per heavy atom. The summed E-state index contributed by atoms with van der Waals surface area (Å²) in [6.07, 6.45) is 0.843. The highest BCUT2D eigenvalue weighted by Gasteiger charge is 2.03. The molecule has 1 atom stereocenters. The largest absolute Gasteiger partial charge is 0.355 e. The molecule has 19 heavy (non-hydrogen) atoms. The second-order valence-corrected chi connectivity index (χ2v) is 5.30. The van der Waals surface area contributed by atoms with Gasteiger partial charge in [-0.15, -0.1) is 24.8 Å². The molecule has 0 heterocycles. The van der Waals surface area contributed by atoms with Gasteiger partial charge in [-0.25, -0.2) is 0 Å². The number of nitrogens with zero attached hydrogens (tertiary/aromatic N) is 1. The molecule has 0 bridgehead atoms. The van der Waals surface area contributed by atoms with E-state index >= 15 is 0 Å². The lowest BCUT2D eigenvalue weighted by Crippen LogP contribution is -2.30. The predicted octanol–water partition coefficient (Wildman–Crippen LogP) is 1.76.